The van der Waals surface area contributed by atoms with E-state index in [2.05, 4.69) is 15.7 Å². The second kappa shape index (κ2) is 11.2. The van der Waals surface area contributed by atoms with Crippen molar-refractivity contribution in [2.75, 3.05) is 0 Å². The zero-order valence-electron chi connectivity index (χ0n) is 15.4. The molecule has 2 aromatic carbocycles. The average molecular weight is 380 g/mol. The molecule has 2 amide bonds. The lowest BCUT2D eigenvalue weighted by Crippen LogP contribution is -2.36. The topological polar surface area (TPSA) is 117 Å². The molecule has 0 aliphatic rings. The maximum absolute atomic E-state index is 12.1. The van der Waals surface area contributed by atoms with E-state index >= 15 is 0 Å². The summed E-state index contributed by atoms with van der Waals surface area (Å²) in [5.41, 5.74) is 2.84. The van der Waals surface area contributed by atoms with Gasteiger partial charge in [0.2, 0.25) is 0 Å². The minimum atomic E-state index is -0.978. The largest absolute Gasteiger partial charge is 0.481 e. The fraction of sp³-hybridized carbons (Fsp3) is 0.190. The molecule has 0 radical (unpaired) electrons. The second-order valence-corrected chi connectivity index (χ2v) is 6.14. The van der Waals surface area contributed by atoms with Crippen LogP contribution in [0.1, 0.15) is 35.6 Å². The molecule has 0 bridgehead atoms. The molecule has 0 aliphatic heterocycles. The highest BCUT2D eigenvalue weighted by molar-refractivity contribution is 5.79. The minimum Gasteiger partial charge on any atom is -0.481 e. The van der Waals surface area contributed by atoms with Gasteiger partial charge in [-0.1, -0.05) is 60.7 Å². The monoisotopic (exact) mass is 380 g/mol. The molecule has 0 saturated carbocycles. The van der Waals surface area contributed by atoms with Gasteiger partial charge in [0, 0.05) is 6.20 Å². The Kier molecular flexibility index (Phi) is 8.26. The number of hydrogen-bond acceptors (Lipinski definition) is 4. The van der Waals surface area contributed by atoms with E-state index in [0.29, 0.717) is 0 Å². The van der Waals surface area contributed by atoms with Crippen molar-refractivity contribution in [3.05, 3.63) is 83.6 Å². The van der Waals surface area contributed by atoms with Crippen LogP contribution in [0.4, 0.5) is 4.79 Å². The van der Waals surface area contributed by atoms with Gasteiger partial charge in [0.1, 0.15) is 0 Å². The van der Waals surface area contributed by atoms with Crippen LogP contribution < -0.4 is 16.5 Å². The number of aliphatic carboxylic acids is 1. The van der Waals surface area contributed by atoms with E-state index in [-0.39, 0.29) is 6.42 Å². The molecule has 0 aromatic heterocycles. The van der Waals surface area contributed by atoms with Gasteiger partial charge < -0.3 is 21.6 Å². The number of hydrazone groups is 1. The highest BCUT2D eigenvalue weighted by atomic mass is 16.4. The van der Waals surface area contributed by atoms with Crippen molar-refractivity contribution in [3.8, 4) is 0 Å². The molecule has 1 unspecified atom stereocenters. The SMILES string of the molecule is NN=Cc1ccc(CCC=CNC(=O)NC(CC(=O)O)c2ccccc2)cc1. The highest BCUT2D eigenvalue weighted by Gasteiger charge is 2.17. The summed E-state index contributed by atoms with van der Waals surface area (Å²) >= 11 is 0. The van der Waals surface area contributed by atoms with E-state index in [0.717, 1.165) is 29.5 Å². The smallest absolute Gasteiger partial charge is 0.319 e. The van der Waals surface area contributed by atoms with E-state index in [9.17, 15) is 9.59 Å². The van der Waals surface area contributed by atoms with Crippen LogP contribution in [0.2, 0.25) is 0 Å². The molecule has 146 valence electrons. The highest BCUT2D eigenvalue weighted by Crippen LogP contribution is 2.16. The fourth-order valence-electron chi connectivity index (χ4n) is 2.64. The number of carbonyl (C=O) groups excluding carboxylic acids is 1. The number of carboxylic acid groups (broad SMARTS) is 1. The van der Waals surface area contributed by atoms with Gasteiger partial charge in [-0.05, 0) is 29.5 Å². The normalized spacial score (nSPS) is 12.1. The van der Waals surface area contributed by atoms with Crippen molar-refractivity contribution in [1.82, 2.24) is 10.6 Å². The van der Waals surface area contributed by atoms with E-state index in [1.54, 1.807) is 36.7 Å². The van der Waals surface area contributed by atoms with Gasteiger partial charge in [0.15, 0.2) is 0 Å². The van der Waals surface area contributed by atoms with Gasteiger partial charge in [-0.3, -0.25) is 4.79 Å². The third kappa shape index (κ3) is 7.33. The van der Waals surface area contributed by atoms with Gasteiger partial charge in [0.05, 0.1) is 18.7 Å². The van der Waals surface area contributed by atoms with Gasteiger partial charge in [-0.25, -0.2) is 4.79 Å². The summed E-state index contributed by atoms with van der Waals surface area (Å²) in [5.74, 6) is 4.14. The fourth-order valence-corrected chi connectivity index (χ4v) is 2.64. The summed E-state index contributed by atoms with van der Waals surface area (Å²) < 4.78 is 0. The molecule has 0 spiro atoms. The molecule has 1 atom stereocenters. The average Bonchev–Trinajstić information content (AvgIpc) is 2.69. The Morgan fingerprint density at radius 3 is 2.46 bits per heavy atom. The number of urea groups is 1. The first-order valence-electron chi connectivity index (χ1n) is 8.89. The van der Waals surface area contributed by atoms with Crippen LogP contribution >= 0.6 is 0 Å². The molecule has 0 fully saturated rings. The maximum Gasteiger partial charge on any atom is 0.319 e. The number of aryl methyl sites for hydroxylation is 1. The van der Waals surface area contributed by atoms with Gasteiger partial charge in [-0.15, -0.1) is 0 Å². The number of nitrogens with two attached hydrogens (primary N) is 1. The van der Waals surface area contributed by atoms with Crippen LogP contribution in [0, 0.1) is 0 Å². The van der Waals surface area contributed by atoms with Crippen molar-refractivity contribution in [2.24, 2.45) is 10.9 Å². The van der Waals surface area contributed by atoms with E-state index in [1.807, 2.05) is 36.4 Å². The van der Waals surface area contributed by atoms with E-state index in [4.69, 9.17) is 10.9 Å². The van der Waals surface area contributed by atoms with Gasteiger partial charge >= 0.3 is 12.0 Å². The zero-order valence-corrected chi connectivity index (χ0v) is 15.4. The molecular formula is C21H24N4O3. The summed E-state index contributed by atoms with van der Waals surface area (Å²) in [6.07, 6.45) is 6.38. The second-order valence-electron chi connectivity index (χ2n) is 6.14. The molecule has 7 heteroatoms. The molecule has 0 heterocycles. The van der Waals surface area contributed by atoms with Gasteiger partial charge in [0.25, 0.3) is 0 Å². The Morgan fingerprint density at radius 2 is 1.82 bits per heavy atom. The molecular weight excluding hydrogens is 356 g/mol. The lowest BCUT2D eigenvalue weighted by molar-refractivity contribution is -0.137. The van der Waals surface area contributed by atoms with Gasteiger partial charge in [-0.2, -0.15) is 5.10 Å². The summed E-state index contributed by atoms with van der Waals surface area (Å²) in [6.45, 7) is 0. The third-order valence-electron chi connectivity index (χ3n) is 4.02. The van der Waals surface area contributed by atoms with Crippen molar-refractivity contribution in [3.63, 3.8) is 0 Å². The standard InChI is InChI=1S/C21H24N4O3/c22-24-15-17-11-9-16(10-12-17)6-4-5-13-23-21(28)25-19(14-20(26)27)18-7-2-1-3-8-18/h1-3,5,7-13,15,19H,4,6,14,22H2,(H,26,27)(H2,23,25,28). The van der Waals surface area contributed by atoms with Crippen molar-refractivity contribution in [1.29, 1.82) is 0 Å². The van der Waals surface area contributed by atoms with Crippen LogP contribution in [0.25, 0.3) is 0 Å². The number of nitrogens with one attached hydrogen (secondary N) is 2. The Morgan fingerprint density at radius 1 is 1.11 bits per heavy atom. The number of carboxylic acids is 1. The Labute approximate surface area is 164 Å². The Bertz CT molecular complexity index is 817. The summed E-state index contributed by atoms with van der Waals surface area (Å²) in [6, 6.07) is 15.9. The summed E-state index contributed by atoms with van der Waals surface area (Å²) in [7, 11) is 0. The van der Waals surface area contributed by atoms with Crippen molar-refractivity contribution < 1.29 is 14.7 Å². The third-order valence-corrected chi connectivity index (χ3v) is 4.02. The quantitative estimate of drug-likeness (QED) is 0.304. The van der Waals surface area contributed by atoms with Crippen LogP contribution in [0.5, 0.6) is 0 Å². The lowest BCUT2D eigenvalue weighted by atomic mass is 10.0. The molecule has 2 aromatic rings. The molecule has 5 N–H and O–H groups in total. The van der Waals surface area contributed by atoms with Crippen molar-refractivity contribution in [2.45, 2.75) is 25.3 Å². The minimum absolute atomic E-state index is 0.188. The first kappa shape index (κ1) is 20.7. The molecule has 28 heavy (non-hydrogen) atoms. The van der Waals surface area contributed by atoms with Crippen LogP contribution in [-0.4, -0.2) is 23.3 Å². The first-order valence-corrected chi connectivity index (χ1v) is 8.89. The van der Waals surface area contributed by atoms with E-state index < -0.39 is 18.0 Å². The zero-order chi connectivity index (χ0) is 20.2. The Balaban J connectivity index is 1.79. The number of rotatable bonds is 9. The lowest BCUT2D eigenvalue weighted by Gasteiger charge is -2.17. The molecule has 0 saturated heterocycles. The van der Waals surface area contributed by atoms with Crippen LogP contribution in [-0.2, 0) is 11.2 Å². The first-order chi connectivity index (χ1) is 13.6. The van der Waals surface area contributed by atoms with Crippen LogP contribution in [0.3, 0.4) is 0 Å². The number of allylic oxidation sites excluding steroid dienone is 1. The summed E-state index contributed by atoms with van der Waals surface area (Å²) in [5, 5.41) is 17.8. The Hall–Kier alpha value is -3.61. The predicted octanol–water partition coefficient (Wildman–Crippen LogP) is 2.94. The number of carbonyl (C=O) groups is 2. The number of amides is 2. The molecule has 2 rings (SSSR count). The maximum atomic E-state index is 12.1. The molecule has 7 nitrogen and oxygen atoms in total. The predicted molar refractivity (Wildman–Crippen MR) is 109 cm³/mol. The number of benzene rings is 2. The van der Waals surface area contributed by atoms with Crippen molar-refractivity contribution >= 4 is 18.2 Å². The van der Waals surface area contributed by atoms with E-state index in [1.165, 1.54) is 0 Å². The van der Waals surface area contributed by atoms with Crippen LogP contribution in [0.15, 0.2) is 72.0 Å². The number of nitrogens with zero attached hydrogens (tertiary/aromatic N) is 1. The molecule has 0 aliphatic carbocycles. The number of hydrogen-bond donors (Lipinski definition) is 4. The summed E-state index contributed by atoms with van der Waals surface area (Å²) in [4.78, 5) is 23.1.